The zero-order valence-corrected chi connectivity index (χ0v) is 12.7. The van der Waals surface area contributed by atoms with Gasteiger partial charge in [0.2, 0.25) is 0 Å². The molecule has 1 aromatic heterocycles. The molecule has 2 aliphatic rings. The molecular weight excluding hydrogens is 288 g/mol. The molecule has 0 aliphatic carbocycles. The number of ether oxygens (including phenoxy) is 1. The molecule has 0 unspecified atom stereocenters. The van der Waals surface area contributed by atoms with Gasteiger partial charge in [-0.2, -0.15) is 0 Å². The fraction of sp³-hybridized carbons (Fsp3) is 0.643. The van der Waals surface area contributed by atoms with Gasteiger partial charge in [-0.1, -0.05) is 5.16 Å². The molecule has 120 valence electrons. The molecule has 3 rings (SSSR count). The number of amides is 3. The highest BCUT2D eigenvalue weighted by atomic mass is 16.5. The Hall–Kier alpha value is -2.09. The largest absolute Gasteiger partial charge is 0.378 e. The minimum atomic E-state index is -0.143. The van der Waals surface area contributed by atoms with Crippen LogP contribution in [-0.4, -0.2) is 84.3 Å². The van der Waals surface area contributed by atoms with Crippen molar-refractivity contribution in [1.82, 2.24) is 19.9 Å². The predicted octanol–water partition coefficient (Wildman–Crippen LogP) is 0.193. The summed E-state index contributed by atoms with van der Waals surface area (Å²) >= 11 is 0. The van der Waals surface area contributed by atoms with Crippen LogP contribution in [0.15, 0.2) is 10.6 Å². The number of carbonyl (C=O) groups is 2. The summed E-state index contributed by atoms with van der Waals surface area (Å²) in [5, 5.41) is 3.75. The number of aromatic nitrogens is 1. The van der Waals surface area contributed by atoms with Crippen LogP contribution >= 0.6 is 0 Å². The highest BCUT2D eigenvalue weighted by Gasteiger charge is 2.29. The second-order valence-electron chi connectivity index (χ2n) is 5.48. The van der Waals surface area contributed by atoms with Gasteiger partial charge in [0.15, 0.2) is 5.69 Å². The van der Waals surface area contributed by atoms with E-state index in [1.54, 1.807) is 22.8 Å². The van der Waals surface area contributed by atoms with Gasteiger partial charge in [0.1, 0.15) is 5.76 Å². The Balaban J connectivity index is 1.53. The summed E-state index contributed by atoms with van der Waals surface area (Å²) < 4.78 is 10.2. The molecule has 3 amide bonds. The zero-order chi connectivity index (χ0) is 15.5. The summed E-state index contributed by atoms with van der Waals surface area (Å²) in [5.41, 5.74) is 0.324. The van der Waals surface area contributed by atoms with Crippen LogP contribution in [0, 0.1) is 6.92 Å². The topological polar surface area (TPSA) is 79.1 Å². The van der Waals surface area contributed by atoms with Gasteiger partial charge in [0, 0.05) is 45.3 Å². The van der Waals surface area contributed by atoms with E-state index in [2.05, 4.69) is 5.16 Å². The van der Waals surface area contributed by atoms with Crippen LogP contribution in [0.2, 0.25) is 0 Å². The summed E-state index contributed by atoms with van der Waals surface area (Å²) in [7, 11) is 0. The van der Waals surface area contributed by atoms with Crippen LogP contribution in [0.3, 0.4) is 0 Å². The molecule has 0 bridgehead atoms. The molecule has 0 saturated carbocycles. The second-order valence-corrected chi connectivity index (χ2v) is 5.48. The molecule has 0 N–H and O–H groups in total. The van der Waals surface area contributed by atoms with E-state index in [1.807, 2.05) is 4.90 Å². The van der Waals surface area contributed by atoms with Gasteiger partial charge < -0.3 is 24.0 Å². The van der Waals surface area contributed by atoms with Crippen LogP contribution in [0.4, 0.5) is 4.79 Å². The zero-order valence-electron chi connectivity index (χ0n) is 12.7. The number of urea groups is 1. The van der Waals surface area contributed by atoms with Crippen molar-refractivity contribution in [3.63, 3.8) is 0 Å². The maximum Gasteiger partial charge on any atom is 0.320 e. The van der Waals surface area contributed by atoms with E-state index >= 15 is 0 Å². The Labute approximate surface area is 128 Å². The van der Waals surface area contributed by atoms with Crippen LogP contribution in [0.1, 0.15) is 16.2 Å². The van der Waals surface area contributed by atoms with Crippen molar-refractivity contribution < 1.29 is 18.8 Å². The van der Waals surface area contributed by atoms with E-state index in [9.17, 15) is 9.59 Å². The Morgan fingerprint density at radius 2 is 1.59 bits per heavy atom. The van der Waals surface area contributed by atoms with E-state index in [0.717, 1.165) is 0 Å². The fourth-order valence-corrected chi connectivity index (χ4v) is 2.68. The molecule has 0 atom stereocenters. The van der Waals surface area contributed by atoms with Crippen molar-refractivity contribution in [2.45, 2.75) is 6.92 Å². The third-order valence-electron chi connectivity index (χ3n) is 3.97. The Bertz CT molecular complexity index is 545. The fourth-order valence-electron chi connectivity index (χ4n) is 2.68. The van der Waals surface area contributed by atoms with Gasteiger partial charge in [0.25, 0.3) is 5.91 Å². The molecule has 22 heavy (non-hydrogen) atoms. The smallest absolute Gasteiger partial charge is 0.320 e. The minimum Gasteiger partial charge on any atom is -0.378 e. The monoisotopic (exact) mass is 308 g/mol. The molecule has 0 spiro atoms. The lowest BCUT2D eigenvalue weighted by Gasteiger charge is -2.38. The number of carbonyl (C=O) groups excluding carboxylic acids is 2. The molecular formula is C14H20N4O4. The first kappa shape index (κ1) is 14.8. The number of piperazine rings is 1. The number of nitrogens with zero attached hydrogens (tertiary/aromatic N) is 4. The first-order valence-corrected chi connectivity index (χ1v) is 7.49. The molecule has 2 saturated heterocycles. The quantitative estimate of drug-likeness (QED) is 0.740. The lowest BCUT2D eigenvalue weighted by atomic mass is 10.2. The number of hydrogen-bond donors (Lipinski definition) is 0. The molecule has 8 heteroatoms. The number of morpholine rings is 1. The highest BCUT2D eigenvalue weighted by Crippen LogP contribution is 2.11. The maximum absolute atomic E-state index is 12.4. The minimum absolute atomic E-state index is 0.0349. The number of hydrogen-bond acceptors (Lipinski definition) is 5. The second kappa shape index (κ2) is 6.35. The predicted molar refractivity (Wildman–Crippen MR) is 76.5 cm³/mol. The van der Waals surface area contributed by atoms with E-state index in [0.29, 0.717) is 63.9 Å². The lowest BCUT2D eigenvalue weighted by Crippen LogP contribution is -2.55. The first-order valence-electron chi connectivity index (χ1n) is 7.49. The SMILES string of the molecule is Cc1cc(C(=O)N2CCN(C(=O)N3CCOCC3)CC2)no1. The van der Waals surface area contributed by atoms with Gasteiger partial charge in [-0.15, -0.1) is 0 Å². The Morgan fingerprint density at radius 3 is 2.18 bits per heavy atom. The molecule has 3 heterocycles. The van der Waals surface area contributed by atoms with Crippen LogP contribution in [-0.2, 0) is 4.74 Å². The third-order valence-corrected chi connectivity index (χ3v) is 3.97. The summed E-state index contributed by atoms with van der Waals surface area (Å²) in [6, 6.07) is 1.67. The summed E-state index contributed by atoms with van der Waals surface area (Å²) in [6.07, 6.45) is 0. The van der Waals surface area contributed by atoms with E-state index < -0.39 is 0 Å². The first-order chi connectivity index (χ1) is 10.6. The average molecular weight is 308 g/mol. The van der Waals surface area contributed by atoms with Crippen molar-refractivity contribution in [3.8, 4) is 0 Å². The van der Waals surface area contributed by atoms with Crippen molar-refractivity contribution in [2.75, 3.05) is 52.5 Å². The summed E-state index contributed by atoms with van der Waals surface area (Å²) in [6.45, 7) is 6.32. The van der Waals surface area contributed by atoms with Crippen molar-refractivity contribution in [2.24, 2.45) is 0 Å². The summed E-state index contributed by atoms with van der Waals surface area (Å²) in [4.78, 5) is 29.9. The highest BCUT2D eigenvalue weighted by molar-refractivity contribution is 5.92. The number of rotatable bonds is 1. The van der Waals surface area contributed by atoms with Crippen molar-refractivity contribution in [1.29, 1.82) is 0 Å². The van der Waals surface area contributed by atoms with Gasteiger partial charge in [-0.3, -0.25) is 4.79 Å². The van der Waals surface area contributed by atoms with Crippen LogP contribution in [0.5, 0.6) is 0 Å². The molecule has 0 aromatic carbocycles. The van der Waals surface area contributed by atoms with Crippen molar-refractivity contribution in [3.05, 3.63) is 17.5 Å². The van der Waals surface area contributed by atoms with E-state index in [1.165, 1.54) is 0 Å². The van der Waals surface area contributed by atoms with E-state index in [-0.39, 0.29) is 11.9 Å². The Kier molecular flexibility index (Phi) is 4.28. The summed E-state index contributed by atoms with van der Waals surface area (Å²) in [5.74, 6) is 0.472. The molecule has 2 aliphatic heterocycles. The molecule has 1 aromatic rings. The third kappa shape index (κ3) is 3.06. The van der Waals surface area contributed by atoms with Crippen LogP contribution < -0.4 is 0 Å². The van der Waals surface area contributed by atoms with Crippen molar-refractivity contribution >= 4 is 11.9 Å². The van der Waals surface area contributed by atoms with E-state index in [4.69, 9.17) is 9.26 Å². The molecule has 2 fully saturated rings. The molecule has 8 nitrogen and oxygen atoms in total. The Morgan fingerprint density at radius 1 is 1.00 bits per heavy atom. The van der Waals surface area contributed by atoms with Gasteiger partial charge in [0.05, 0.1) is 13.2 Å². The standard InChI is InChI=1S/C14H20N4O4/c1-11-10-12(15-22-11)13(19)16-2-4-17(5-3-16)14(20)18-6-8-21-9-7-18/h10H,2-9H2,1H3. The molecule has 0 radical (unpaired) electrons. The lowest BCUT2D eigenvalue weighted by molar-refractivity contribution is 0.0361. The maximum atomic E-state index is 12.4. The van der Waals surface area contributed by atoms with Gasteiger partial charge in [-0.25, -0.2) is 4.79 Å². The number of aryl methyl sites for hydroxylation is 1. The average Bonchev–Trinajstić information content (AvgIpc) is 3.01. The normalized spacial score (nSPS) is 19.4. The van der Waals surface area contributed by atoms with Crippen LogP contribution in [0.25, 0.3) is 0 Å². The van der Waals surface area contributed by atoms with Gasteiger partial charge in [-0.05, 0) is 6.92 Å². The van der Waals surface area contributed by atoms with Gasteiger partial charge >= 0.3 is 6.03 Å².